The van der Waals surface area contributed by atoms with E-state index in [1.54, 1.807) is 6.92 Å². The summed E-state index contributed by atoms with van der Waals surface area (Å²) in [4.78, 5) is 15.5. The highest BCUT2D eigenvalue weighted by molar-refractivity contribution is 5.93. The number of rotatable bonds is 13. The normalized spacial score (nSPS) is 15.6. The molecule has 0 aliphatic carbocycles. The van der Waals surface area contributed by atoms with Crippen molar-refractivity contribution in [2.75, 3.05) is 46.0 Å². The third-order valence-corrected chi connectivity index (χ3v) is 7.48. The highest BCUT2D eigenvalue weighted by Gasteiger charge is 2.33. The number of ether oxygens (including phenoxy) is 2. The lowest BCUT2D eigenvalue weighted by Crippen LogP contribution is -2.38. The zero-order valence-electron chi connectivity index (χ0n) is 22.8. The summed E-state index contributed by atoms with van der Waals surface area (Å²) in [6, 6.07) is 8.41. The van der Waals surface area contributed by atoms with Gasteiger partial charge in [-0.1, -0.05) is 26.0 Å². The van der Waals surface area contributed by atoms with Crippen LogP contribution in [0.15, 0.2) is 30.5 Å². The van der Waals surface area contributed by atoms with Crippen molar-refractivity contribution in [2.45, 2.75) is 71.9 Å². The van der Waals surface area contributed by atoms with E-state index in [1.807, 2.05) is 13.0 Å². The minimum absolute atomic E-state index is 0.00997. The molecule has 1 aliphatic heterocycles. The zero-order chi connectivity index (χ0) is 26.1. The fraction of sp³-hybridized carbons (Fsp3) is 0.621. The maximum atomic E-state index is 13.2. The molecule has 2 aromatic rings. The van der Waals surface area contributed by atoms with Crippen LogP contribution in [0.25, 0.3) is 0 Å². The number of nitrogens with one attached hydrogen (secondary N) is 1. The number of amides is 1. The Morgan fingerprint density at radius 2 is 1.89 bits per heavy atom. The van der Waals surface area contributed by atoms with Crippen molar-refractivity contribution in [3.05, 3.63) is 52.8 Å². The zero-order valence-corrected chi connectivity index (χ0v) is 22.8. The van der Waals surface area contributed by atoms with E-state index < -0.39 is 6.10 Å². The molecule has 7 heteroatoms. The van der Waals surface area contributed by atoms with Gasteiger partial charge in [-0.3, -0.25) is 9.69 Å². The van der Waals surface area contributed by atoms with Crippen LogP contribution in [0.5, 0.6) is 5.75 Å². The number of aliphatic hydroxyl groups is 1. The number of morpholine rings is 1. The number of aryl methyl sites for hydroxylation is 2. The SMILES string of the molecule is CCn1cc(C(CC)(CC)c2ccc(OCC(C)O)c(C)c2)cc1C(=O)NCCCN1CCOCC1. The van der Waals surface area contributed by atoms with E-state index in [2.05, 4.69) is 60.0 Å². The number of aromatic nitrogens is 1. The van der Waals surface area contributed by atoms with Gasteiger partial charge in [0.25, 0.3) is 5.91 Å². The second kappa shape index (κ2) is 13.3. The fourth-order valence-electron chi connectivity index (χ4n) is 5.20. The van der Waals surface area contributed by atoms with Crippen molar-refractivity contribution in [1.29, 1.82) is 0 Å². The van der Waals surface area contributed by atoms with E-state index in [0.29, 0.717) is 6.54 Å². The Hall–Kier alpha value is -2.35. The molecule has 1 unspecified atom stereocenters. The van der Waals surface area contributed by atoms with Gasteiger partial charge in [-0.15, -0.1) is 0 Å². The van der Waals surface area contributed by atoms with Gasteiger partial charge in [0.15, 0.2) is 0 Å². The molecule has 2 N–H and O–H groups in total. The predicted molar refractivity (Wildman–Crippen MR) is 144 cm³/mol. The van der Waals surface area contributed by atoms with E-state index in [-0.39, 0.29) is 17.9 Å². The Morgan fingerprint density at radius 1 is 1.17 bits per heavy atom. The molecule has 1 fully saturated rings. The first kappa shape index (κ1) is 28.2. The molecule has 0 bridgehead atoms. The molecule has 1 amide bonds. The van der Waals surface area contributed by atoms with E-state index in [9.17, 15) is 9.90 Å². The summed E-state index contributed by atoms with van der Waals surface area (Å²) in [6.07, 6.45) is 4.42. The van der Waals surface area contributed by atoms with Crippen molar-refractivity contribution in [2.24, 2.45) is 0 Å². The molecule has 0 spiro atoms. The van der Waals surface area contributed by atoms with E-state index in [0.717, 1.165) is 75.7 Å². The number of benzene rings is 1. The van der Waals surface area contributed by atoms with Crippen LogP contribution in [0.4, 0.5) is 0 Å². The maximum Gasteiger partial charge on any atom is 0.267 e. The van der Waals surface area contributed by atoms with Gasteiger partial charge >= 0.3 is 0 Å². The molecule has 1 saturated heterocycles. The minimum Gasteiger partial charge on any atom is -0.491 e. The Morgan fingerprint density at radius 3 is 2.50 bits per heavy atom. The topological polar surface area (TPSA) is 76.0 Å². The summed E-state index contributed by atoms with van der Waals surface area (Å²) in [5, 5.41) is 12.7. The predicted octanol–water partition coefficient (Wildman–Crippen LogP) is 4.13. The molecule has 1 atom stereocenters. The Kier molecular flexibility index (Phi) is 10.4. The summed E-state index contributed by atoms with van der Waals surface area (Å²) in [5.74, 6) is 0.785. The van der Waals surface area contributed by atoms with Gasteiger partial charge in [-0.2, -0.15) is 0 Å². The average Bonchev–Trinajstić information content (AvgIpc) is 3.32. The van der Waals surface area contributed by atoms with Gasteiger partial charge in [-0.25, -0.2) is 0 Å². The van der Waals surface area contributed by atoms with Crippen LogP contribution < -0.4 is 10.1 Å². The lowest BCUT2D eigenvalue weighted by molar-refractivity contribution is 0.0374. The van der Waals surface area contributed by atoms with E-state index in [1.165, 1.54) is 11.1 Å². The molecule has 2 heterocycles. The summed E-state index contributed by atoms with van der Waals surface area (Å²) in [7, 11) is 0. The number of carbonyl (C=O) groups is 1. The molecule has 7 nitrogen and oxygen atoms in total. The van der Waals surface area contributed by atoms with Crippen LogP contribution >= 0.6 is 0 Å². The first-order chi connectivity index (χ1) is 17.3. The summed E-state index contributed by atoms with van der Waals surface area (Å²) in [5.41, 5.74) is 3.97. The van der Waals surface area contributed by atoms with Gasteiger partial charge in [-0.05, 0) is 75.4 Å². The molecule has 1 aliphatic rings. The van der Waals surface area contributed by atoms with Gasteiger partial charge in [0.1, 0.15) is 18.1 Å². The molecular formula is C29H45N3O4. The number of aliphatic hydroxyl groups excluding tert-OH is 1. The third kappa shape index (κ3) is 6.69. The van der Waals surface area contributed by atoms with Crippen molar-refractivity contribution in [3.8, 4) is 5.75 Å². The van der Waals surface area contributed by atoms with Crippen molar-refractivity contribution >= 4 is 5.91 Å². The highest BCUT2D eigenvalue weighted by Crippen LogP contribution is 2.41. The smallest absolute Gasteiger partial charge is 0.267 e. The second-order valence-electron chi connectivity index (χ2n) is 9.89. The monoisotopic (exact) mass is 499 g/mol. The molecule has 200 valence electrons. The summed E-state index contributed by atoms with van der Waals surface area (Å²) >= 11 is 0. The first-order valence-corrected chi connectivity index (χ1v) is 13.6. The molecular weight excluding hydrogens is 454 g/mol. The Bertz CT molecular complexity index is 975. The maximum absolute atomic E-state index is 13.2. The third-order valence-electron chi connectivity index (χ3n) is 7.48. The minimum atomic E-state index is -0.507. The van der Waals surface area contributed by atoms with Gasteiger partial charge in [0, 0.05) is 37.8 Å². The highest BCUT2D eigenvalue weighted by atomic mass is 16.5. The van der Waals surface area contributed by atoms with Crippen molar-refractivity contribution < 1.29 is 19.4 Å². The summed E-state index contributed by atoms with van der Waals surface area (Å²) in [6.45, 7) is 16.5. The van der Waals surface area contributed by atoms with Gasteiger partial charge in [0.05, 0.1) is 19.3 Å². The fourth-order valence-corrected chi connectivity index (χ4v) is 5.20. The van der Waals surface area contributed by atoms with Crippen molar-refractivity contribution in [1.82, 2.24) is 14.8 Å². The number of nitrogens with zero attached hydrogens (tertiary/aromatic N) is 2. The molecule has 1 aromatic heterocycles. The van der Waals surface area contributed by atoms with E-state index >= 15 is 0 Å². The second-order valence-corrected chi connectivity index (χ2v) is 9.89. The number of hydrogen-bond donors (Lipinski definition) is 2. The Balaban J connectivity index is 1.76. The van der Waals surface area contributed by atoms with Gasteiger partial charge < -0.3 is 24.5 Å². The largest absolute Gasteiger partial charge is 0.491 e. The molecule has 0 saturated carbocycles. The molecule has 36 heavy (non-hydrogen) atoms. The van der Waals surface area contributed by atoms with Crippen LogP contribution in [0, 0.1) is 6.92 Å². The number of hydrogen-bond acceptors (Lipinski definition) is 5. The van der Waals surface area contributed by atoms with Crippen LogP contribution in [0.1, 0.15) is 74.1 Å². The van der Waals surface area contributed by atoms with E-state index in [4.69, 9.17) is 9.47 Å². The molecule has 3 rings (SSSR count). The first-order valence-electron chi connectivity index (χ1n) is 13.6. The van der Waals surface area contributed by atoms with Crippen molar-refractivity contribution in [3.63, 3.8) is 0 Å². The summed E-state index contributed by atoms with van der Waals surface area (Å²) < 4.78 is 13.3. The van der Waals surface area contributed by atoms with Crippen LogP contribution in [-0.2, 0) is 16.7 Å². The average molecular weight is 500 g/mol. The van der Waals surface area contributed by atoms with Gasteiger partial charge in [0.2, 0.25) is 0 Å². The quantitative estimate of drug-likeness (QED) is 0.405. The standard InChI is InChI=1S/C29H45N3O4/c1-6-29(7-2,24-10-11-27(22(4)18-24)36-21-23(5)33)25-19-26(32(8-3)20-25)28(34)30-12-9-13-31-14-16-35-17-15-31/h10-11,18-20,23,33H,6-9,12-17,21H2,1-5H3,(H,30,34). The lowest BCUT2D eigenvalue weighted by atomic mass is 9.71. The van der Waals surface area contributed by atoms with Crippen LogP contribution in [-0.4, -0.2) is 72.6 Å². The van der Waals surface area contributed by atoms with Crippen LogP contribution in [0.2, 0.25) is 0 Å². The molecule has 0 radical (unpaired) electrons. The van der Waals surface area contributed by atoms with Crippen LogP contribution in [0.3, 0.4) is 0 Å². The number of carbonyl (C=O) groups excluding carboxylic acids is 1. The molecule has 1 aromatic carbocycles. The Labute approximate surface area is 216 Å². The lowest BCUT2D eigenvalue weighted by Gasteiger charge is -2.32.